The van der Waals surface area contributed by atoms with E-state index in [2.05, 4.69) is 15.4 Å². The monoisotopic (exact) mass is 492 g/mol. The van der Waals surface area contributed by atoms with E-state index in [1.54, 1.807) is 0 Å². The van der Waals surface area contributed by atoms with Crippen LogP contribution in [-0.4, -0.2) is 42.5 Å². The highest BCUT2D eigenvalue weighted by Crippen LogP contribution is 2.23. The van der Waals surface area contributed by atoms with Crippen LogP contribution in [0.3, 0.4) is 0 Å². The van der Waals surface area contributed by atoms with Crippen LogP contribution >= 0.6 is 11.6 Å². The summed E-state index contributed by atoms with van der Waals surface area (Å²) < 4.78 is 58.6. The van der Waals surface area contributed by atoms with Crippen molar-refractivity contribution in [2.75, 3.05) is 13.2 Å². The number of hydrogen-bond donors (Lipinski definition) is 3. The number of nitrogens with one attached hydrogen (secondary N) is 2. The lowest BCUT2D eigenvalue weighted by molar-refractivity contribution is -0.274. The molecule has 0 radical (unpaired) electrons. The minimum Gasteiger partial charge on any atom is -0.484 e. The maximum atomic E-state index is 13.3. The molecule has 1 unspecified atom stereocenters. The second kappa shape index (κ2) is 12.3. The van der Waals surface area contributed by atoms with Crippen molar-refractivity contribution in [3.8, 4) is 11.5 Å². The molecule has 12 heteroatoms. The van der Waals surface area contributed by atoms with Gasteiger partial charge in [0, 0.05) is 19.2 Å². The van der Waals surface area contributed by atoms with Crippen molar-refractivity contribution in [2.24, 2.45) is 0 Å². The Morgan fingerprint density at radius 1 is 1.03 bits per heavy atom. The van der Waals surface area contributed by atoms with Gasteiger partial charge in [-0.25, -0.2) is 4.39 Å². The first-order valence-electron chi connectivity index (χ1n) is 9.66. The zero-order valence-corrected chi connectivity index (χ0v) is 17.9. The quantitative estimate of drug-likeness (QED) is 0.418. The van der Waals surface area contributed by atoms with Crippen LogP contribution in [0.2, 0.25) is 5.02 Å². The fourth-order valence-corrected chi connectivity index (χ4v) is 2.66. The zero-order valence-electron chi connectivity index (χ0n) is 17.1. The van der Waals surface area contributed by atoms with E-state index in [0.717, 1.165) is 18.2 Å². The van der Waals surface area contributed by atoms with E-state index in [0.29, 0.717) is 5.56 Å². The molecule has 2 aromatic carbocycles. The molecule has 0 aliphatic rings. The third-order valence-corrected chi connectivity index (χ3v) is 4.43. The van der Waals surface area contributed by atoms with Crippen LogP contribution < -0.4 is 20.1 Å². The number of amides is 2. The van der Waals surface area contributed by atoms with E-state index in [1.807, 2.05) is 0 Å². The molecule has 1 atom stereocenters. The van der Waals surface area contributed by atoms with E-state index in [-0.39, 0.29) is 49.1 Å². The molecule has 0 aromatic heterocycles. The molecule has 0 saturated carbocycles. The second-order valence-electron chi connectivity index (χ2n) is 6.83. The van der Waals surface area contributed by atoms with E-state index >= 15 is 0 Å². The Morgan fingerprint density at radius 3 is 2.33 bits per heavy atom. The normalized spacial score (nSPS) is 12.1. The van der Waals surface area contributed by atoms with Crippen molar-refractivity contribution >= 4 is 23.4 Å². The van der Waals surface area contributed by atoms with E-state index < -0.39 is 30.1 Å². The molecule has 33 heavy (non-hydrogen) atoms. The molecule has 0 spiro atoms. The molecule has 2 amide bonds. The Bertz CT molecular complexity index is 941. The number of benzene rings is 2. The fourth-order valence-electron chi connectivity index (χ4n) is 2.54. The van der Waals surface area contributed by atoms with Gasteiger partial charge in [0.15, 0.2) is 6.61 Å². The number of alkyl halides is 3. The lowest BCUT2D eigenvalue weighted by Crippen LogP contribution is -2.33. The molecule has 2 rings (SSSR count). The Morgan fingerprint density at radius 2 is 1.70 bits per heavy atom. The fraction of sp³-hybridized carbons (Fsp3) is 0.333. The lowest BCUT2D eigenvalue weighted by Gasteiger charge is -2.12. The van der Waals surface area contributed by atoms with Crippen molar-refractivity contribution in [3.63, 3.8) is 0 Å². The second-order valence-corrected chi connectivity index (χ2v) is 7.24. The van der Waals surface area contributed by atoms with Crippen LogP contribution in [0.25, 0.3) is 0 Å². The third kappa shape index (κ3) is 10.4. The van der Waals surface area contributed by atoms with Gasteiger partial charge in [0.05, 0.1) is 17.5 Å². The molecular weight excluding hydrogens is 472 g/mol. The number of rotatable bonds is 11. The van der Waals surface area contributed by atoms with Crippen molar-refractivity contribution in [3.05, 3.63) is 58.9 Å². The van der Waals surface area contributed by atoms with Crippen LogP contribution in [0, 0.1) is 5.82 Å². The van der Waals surface area contributed by atoms with Gasteiger partial charge in [0.1, 0.15) is 17.3 Å². The first kappa shape index (κ1) is 26.2. The molecule has 7 nitrogen and oxygen atoms in total. The Hall–Kier alpha value is -3.05. The van der Waals surface area contributed by atoms with E-state index in [9.17, 15) is 32.3 Å². The van der Waals surface area contributed by atoms with Gasteiger partial charge < -0.3 is 25.2 Å². The summed E-state index contributed by atoms with van der Waals surface area (Å²) in [6.07, 6.45) is -5.95. The van der Waals surface area contributed by atoms with Gasteiger partial charge in [-0.15, -0.1) is 13.2 Å². The lowest BCUT2D eigenvalue weighted by atomic mass is 10.1. The van der Waals surface area contributed by atoms with Gasteiger partial charge >= 0.3 is 6.36 Å². The maximum absolute atomic E-state index is 13.3. The molecule has 0 saturated heterocycles. The first-order valence-corrected chi connectivity index (χ1v) is 10.0. The smallest absolute Gasteiger partial charge is 0.484 e. The van der Waals surface area contributed by atoms with Gasteiger partial charge in [0.2, 0.25) is 5.91 Å². The summed E-state index contributed by atoms with van der Waals surface area (Å²) in [7, 11) is 0. The predicted molar refractivity (Wildman–Crippen MR) is 110 cm³/mol. The summed E-state index contributed by atoms with van der Waals surface area (Å²) in [6, 6.07) is 8.73. The average molecular weight is 493 g/mol. The van der Waals surface area contributed by atoms with Crippen molar-refractivity contribution in [1.29, 1.82) is 0 Å². The van der Waals surface area contributed by atoms with Gasteiger partial charge in [-0.1, -0.05) is 23.7 Å². The van der Waals surface area contributed by atoms with Gasteiger partial charge in [-0.05, 0) is 36.2 Å². The average Bonchev–Trinajstić information content (AvgIpc) is 2.73. The molecule has 0 aliphatic heterocycles. The Labute approximate surface area is 191 Å². The number of aliphatic hydroxyl groups is 1. The molecule has 180 valence electrons. The molecule has 0 aliphatic carbocycles. The highest BCUT2D eigenvalue weighted by atomic mass is 35.5. The highest BCUT2D eigenvalue weighted by molar-refractivity contribution is 6.30. The van der Waals surface area contributed by atoms with Crippen molar-refractivity contribution < 1.29 is 41.7 Å². The van der Waals surface area contributed by atoms with Crippen LogP contribution in [0.1, 0.15) is 18.4 Å². The van der Waals surface area contributed by atoms with Crippen molar-refractivity contribution in [2.45, 2.75) is 31.9 Å². The molecule has 3 N–H and O–H groups in total. The topological polar surface area (TPSA) is 96.9 Å². The zero-order chi connectivity index (χ0) is 24.4. The summed E-state index contributed by atoms with van der Waals surface area (Å²) in [5.74, 6) is -1.90. The number of aliphatic hydroxyl groups excluding tert-OH is 1. The number of hydrogen-bond acceptors (Lipinski definition) is 5. The minimum atomic E-state index is -4.78. The molecule has 0 fully saturated rings. The predicted octanol–water partition coefficient (Wildman–Crippen LogP) is 3.33. The van der Waals surface area contributed by atoms with Crippen LogP contribution in [-0.2, 0) is 16.1 Å². The Balaban J connectivity index is 1.61. The molecule has 0 heterocycles. The third-order valence-electron chi connectivity index (χ3n) is 4.13. The maximum Gasteiger partial charge on any atom is 0.573 e. The SMILES string of the molecule is O=C(COc1ccc(Cl)c(F)c1)NCCC(O)CC(=O)NCc1ccc(OC(F)(F)F)cc1. The number of ether oxygens (including phenoxy) is 2. The van der Waals surface area contributed by atoms with E-state index in [4.69, 9.17) is 16.3 Å². The number of carbonyl (C=O) groups is 2. The van der Waals surface area contributed by atoms with Crippen molar-refractivity contribution in [1.82, 2.24) is 10.6 Å². The summed E-state index contributed by atoms with van der Waals surface area (Å²) in [6.45, 7) is -0.242. The molecular formula is C21H21ClF4N2O5. The van der Waals surface area contributed by atoms with Gasteiger partial charge in [-0.2, -0.15) is 0 Å². The van der Waals surface area contributed by atoms with Crippen LogP contribution in [0.5, 0.6) is 11.5 Å². The highest BCUT2D eigenvalue weighted by Gasteiger charge is 2.30. The van der Waals surface area contributed by atoms with Gasteiger partial charge in [-0.3, -0.25) is 9.59 Å². The summed E-state index contributed by atoms with van der Waals surface area (Å²) in [4.78, 5) is 23.6. The van der Waals surface area contributed by atoms with Gasteiger partial charge in [0.25, 0.3) is 5.91 Å². The minimum absolute atomic E-state index is 0.0528. The van der Waals surface area contributed by atoms with Crippen LogP contribution in [0.15, 0.2) is 42.5 Å². The standard InChI is InChI=1S/C21H21ClF4N2O5/c22-17-6-5-16(10-18(17)23)32-12-20(31)27-8-7-14(29)9-19(30)28-11-13-1-3-15(4-2-13)33-21(24,25)26/h1-6,10,14,29H,7-9,11-12H2,(H,27,31)(H,28,30). The number of halogens is 5. The van der Waals surface area contributed by atoms with E-state index in [1.165, 1.54) is 24.3 Å². The molecule has 0 bridgehead atoms. The molecule has 2 aromatic rings. The summed E-state index contributed by atoms with van der Waals surface area (Å²) >= 11 is 5.55. The summed E-state index contributed by atoms with van der Waals surface area (Å²) in [5.41, 5.74) is 0.542. The van der Waals surface area contributed by atoms with Crippen LogP contribution in [0.4, 0.5) is 17.6 Å². The Kier molecular flexibility index (Phi) is 9.74. The summed E-state index contributed by atoms with van der Waals surface area (Å²) in [5, 5.41) is 14.9. The number of carbonyl (C=O) groups excluding carboxylic acids is 2. The largest absolute Gasteiger partial charge is 0.573 e. The first-order chi connectivity index (χ1) is 15.5.